The average molecular weight is 237 g/mol. The summed E-state index contributed by atoms with van der Waals surface area (Å²) in [7, 11) is 3.23. The first kappa shape index (κ1) is 12.6. The Morgan fingerprint density at radius 1 is 1.18 bits per heavy atom. The fourth-order valence-electron chi connectivity index (χ4n) is 1.35. The van der Waals surface area contributed by atoms with Gasteiger partial charge in [-0.1, -0.05) is 6.58 Å². The van der Waals surface area contributed by atoms with Crippen molar-refractivity contribution in [3.8, 4) is 0 Å². The SMILES string of the molecule is C=C(c1c([N+](=O)[O-])cccc1[N+](=O)[O-])N(C)C. The molecule has 0 aliphatic heterocycles. The number of nitrogens with zero attached hydrogens (tertiary/aromatic N) is 3. The molecule has 0 saturated heterocycles. The van der Waals surface area contributed by atoms with Gasteiger partial charge in [-0.3, -0.25) is 20.2 Å². The summed E-state index contributed by atoms with van der Waals surface area (Å²) in [4.78, 5) is 21.9. The zero-order chi connectivity index (χ0) is 13.2. The smallest absolute Gasteiger partial charge is 0.285 e. The van der Waals surface area contributed by atoms with Crippen molar-refractivity contribution in [3.05, 3.63) is 50.6 Å². The molecule has 90 valence electrons. The van der Waals surface area contributed by atoms with Gasteiger partial charge in [0.25, 0.3) is 11.4 Å². The number of nitro benzene ring substituents is 2. The van der Waals surface area contributed by atoms with Gasteiger partial charge in [-0.2, -0.15) is 0 Å². The molecule has 1 rings (SSSR count). The zero-order valence-electron chi connectivity index (χ0n) is 9.41. The van der Waals surface area contributed by atoms with Crippen LogP contribution in [-0.4, -0.2) is 28.8 Å². The number of hydrogen-bond acceptors (Lipinski definition) is 5. The quantitative estimate of drug-likeness (QED) is 0.590. The van der Waals surface area contributed by atoms with Gasteiger partial charge in [0.1, 0.15) is 0 Å². The molecule has 7 nitrogen and oxygen atoms in total. The molecule has 0 aromatic heterocycles. The summed E-state index contributed by atoms with van der Waals surface area (Å²) in [5, 5.41) is 21.7. The van der Waals surface area contributed by atoms with Gasteiger partial charge in [0.2, 0.25) is 0 Å². The molecule has 0 atom stereocenters. The van der Waals surface area contributed by atoms with E-state index in [4.69, 9.17) is 0 Å². The van der Waals surface area contributed by atoms with E-state index in [9.17, 15) is 20.2 Å². The molecule has 0 aliphatic carbocycles. The predicted molar refractivity (Wildman–Crippen MR) is 62.5 cm³/mol. The second-order valence-electron chi connectivity index (χ2n) is 3.53. The molecular formula is C10H11N3O4. The molecule has 0 heterocycles. The largest absolute Gasteiger partial charge is 0.377 e. The van der Waals surface area contributed by atoms with E-state index in [1.807, 2.05) is 0 Å². The van der Waals surface area contributed by atoms with Crippen molar-refractivity contribution in [2.24, 2.45) is 0 Å². The van der Waals surface area contributed by atoms with Crippen LogP contribution in [0.25, 0.3) is 5.70 Å². The van der Waals surface area contributed by atoms with E-state index >= 15 is 0 Å². The Labute approximate surface area is 97.3 Å². The first-order valence-electron chi connectivity index (χ1n) is 4.64. The van der Waals surface area contributed by atoms with Crippen molar-refractivity contribution in [2.45, 2.75) is 0 Å². The van der Waals surface area contributed by atoms with Crippen LogP contribution in [0.4, 0.5) is 11.4 Å². The third-order valence-corrected chi connectivity index (χ3v) is 2.24. The molecule has 17 heavy (non-hydrogen) atoms. The van der Waals surface area contributed by atoms with Crippen molar-refractivity contribution >= 4 is 17.1 Å². The van der Waals surface area contributed by atoms with Crippen molar-refractivity contribution in [1.29, 1.82) is 0 Å². The fourth-order valence-corrected chi connectivity index (χ4v) is 1.35. The first-order chi connectivity index (χ1) is 7.86. The molecule has 0 N–H and O–H groups in total. The van der Waals surface area contributed by atoms with Crippen LogP contribution in [0, 0.1) is 20.2 Å². The summed E-state index contributed by atoms with van der Waals surface area (Å²) in [6.45, 7) is 3.63. The maximum Gasteiger partial charge on any atom is 0.285 e. The monoisotopic (exact) mass is 237 g/mol. The maximum absolute atomic E-state index is 10.8. The van der Waals surface area contributed by atoms with E-state index < -0.39 is 9.85 Å². The zero-order valence-corrected chi connectivity index (χ0v) is 9.41. The minimum absolute atomic E-state index is 0.0625. The Kier molecular flexibility index (Phi) is 3.42. The summed E-state index contributed by atoms with van der Waals surface area (Å²) in [5.74, 6) is 0. The normalized spacial score (nSPS) is 9.76. The predicted octanol–water partition coefficient (Wildman–Crippen LogP) is 2.04. The fraction of sp³-hybridized carbons (Fsp3) is 0.200. The van der Waals surface area contributed by atoms with E-state index in [1.54, 1.807) is 14.1 Å². The Balaban J connectivity index is 3.55. The lowest BCUT2D eigenvalue weighted by Gasteiger charge is -2.15. The van der Waals surface area contributed by atoms with Crippen molar-refractivity contribution in [3.63, 3.8) is 0 Å². The lowest BCUT2D eigenvalue weighted by atomic mass is 10.1. The van der Waals surface area contributed by atoms with Gasteiger partial charge >= 0.3 is 0 Å². The Bertz CT molecular complexity index is 464. The van der Waals surface area contributed by atoms with Crippen LogP contribution >= 0.6 is 0 Å². The molecule has 0 amide bonds. The van der Waals surface area contributed by atoms with E-state index in [2.05, 4.69) is 6.58 Å². The van der Waals surface area contributed by atoms with Crippen LogP contribution < -0.4 is 0 Å². The van der Waals surface area contributed by atoms with Crippen LogP contribution in [0.2, 0.25) is 0 Å². The lowest BCUT2D eigenvalue weighted by Crippen LogP contribution is -2.12. The standard InChI is InChI=1S/C10H11N3O4/c1-7(11(2)3)10-8(12(14)15)5-4-6-9(10)13(16)17/h4-6H,1H2,2-3H3. The van der Waals surface area contributed by atoms with E-state index in [-0.39, 0.29) is 22.6 Å². The lowest BCUT2D eigenvalue weighted by molar-refractivity contribution is -0.394. The van der Waals surface area contributed by atoms with Crippen molar-refractivity contribution in [2.75, 3.05) is 14.1 Å². The Morgan fingerprint density at radius 2 is 1.59 bits per heavy atom. The van der Waals surface area contributed by atoms with E-state index in [1.165, 1.54) is 23.1 Å². The van der Waals surface area contributed by atoms with Gasteiger partial charge in [0.15, 0.2) is 5.56 Å². The highest BCUT2D eigenvalue weighted by molar-refractivity contribution is 5.77. The van der Waals surface area contributed by atoms with Crippen LogP contribution in [0.1, 0.15) is 5.56 Å². The minimum atomic E-state index is -0.656. The Hall–Kier alpha value is -2.44. The molecule has 0 spiro atoms. The molecule has 0 saturated carbocycles. The van der Waals surface area contributed by atoms with E-state index in [0.717, 1.165) is 0 Å². The Morgan fingerprint density at radius 3 is 1.88 bits per heavy atom. The van der Waals surface area contributed by atoms with Crippen LogP contribution in [0.5, 0.6) is 0 Å². The third-order valence-electron chi connectivity index (χ3n) is 2.24. The molecule has 7 heteroatoms. The first-order valence-corrected chi connectivity index (χ1v) is 4.64. The summed E-state index contributed by atoms with van der Waals surface area (Å²) < 4.78 is 0. The number of benzene rings is 1. The third kappa shape index (κ3) is 2.39. The molecule has 0 bridgehead atoms. The molecule has 0 radical (unpaired) electrons. The molecule has 0 fully saturated rings. The molecule has 0 unspecified atom stereocenters. The highest BCUT2D eigenvalue weighted by Gasteiger charge is 2.27. The number of nitro groups is 2. The van der Waals surface area contributed by atoms with Crippen LogP contribution in [0.3, 0.4) is 0 Å². The summed E-state index contributed by atoms with van der Waals surface area (Å²) >= 11 is 0. The molecule has 1 aromatic rings. The van der Waals surface area contributed by atoms with Gasteiger partial charge in [-0.15, -0.1) is 0 Å². The van der Waals surface area contributed by atoms with Gasteiger partial charge in [0.05, 0.1) is 15.5 Å². The maximum atomic E-state index is 10.8. The molecule has 1 aromatic carbocycles. The summed E-state index contributed by atoms with van der Waals surface area (Å²) in [6, 6.07) is 3.72. The van der Waals surface area contributed by atoms with Gasteiger partial charge in [-0.25, -0.2) is 0 Å². The van der Waals surface area contributed by atoms with Crippen molar-refractivity contribution < 1.29 is 9.85 Å². The topological polar surface area (TPSA) is 89.5 Å². The van der Waals surface area contributed by atoms with Gasteiger partial charge < -0.3 is 4.90 Å². The van der Waals surface area contributed by atoms with Crippen LogP contribution in [0.15, 0.2) is 24.8 Å². The number of rotatable bonds is 4. The van der Waals surface area contributed by atoms with Gasteiger partial charge in [-0.05, 0) is 6.07 Å². The van der Waals surface area contributed by atoms with Gasteiger partial charge in [0, 0.05) is 26.2 Å². The summed E-state index contributed by atoms with van der Waals surface area (Å²) in [6.07, 6.45) is 0. The second kappa shape index (κ2) is 4.60. The average Bonchev–Trinajstić information content (AvgIpc) is 2.26. The number of hydrogen-bond donors (Lipinski definition) is 0. The van der Waals surface area contributed by atoms with Crippen LogP contribution in [-0.2, 0) is 0 Å². The second-order valence-corrected chi connectivity index (χ2v) is 3.53. The molecule has 0 aliphatic rings. The highest BCUT2D eigenvalue weighted by Crippen LogP contribution is 2.34. The van der Waals surface area contributed by atoms with E-state index in [0.29, 0.717) is 0 Å². The summed E-state index contributed by atoms with van der Waals surface area (Å²) in [5.41, 5.74) is -0.479. The minimum Gasteiger partial charge on any atom is -0.377 e. The van der Waals surface area contributed by atoms with Crippen molar-refractivity contribution in [1.82, 2.24) is 4.90 Å². The molecular weight excluding hydrogens is 226 g/mol. The highest BCUT2D eigenvalue weighted by atomic mass is 16.6.